The first kappa shape index (κ1) is 23.6. The summed E-state index contributed by atoms with van der Waals surface area (Å²) in [6, 6.07) is 11.2. The number of carbonyl (C=O) groups excluding carboxylic acids is 3. The second-order valence-electron chi connectivity index (χ2n) is 8.60. The predicted molar refractivity (Wildman–Crippen MR) is 134 cm³/mol. The lowest BCUT2D eigenvalue weighted by molar-refractivity contribution is -0.156. The molecule has 0 radical (unpaired) electrons. The van der Waals surface area contributed by atoms with Crippen LogP contribution in [0.5, 0.6) is 0 Å². The Hall–Kier alpha value is -1.12. The van der Waals surface area contributed by atoms with Gasteiger partial charge in [0, 0.05) is 30.3 Å². The van der Waals surface area contributed by atoms with Crippen molar-refractivity contribution in [2.45, 2.75) is 22.6 Å². The van der Waals surface area contributed by atoms with Crippen LogP contribution in [-0.2, 0) is 16.1 Å². The third-order valence-corrected chi connectivity index (χ3v) is 10.9. The number of fused-ring (bicyclic) bond motifs is 5. The van der Waals surface area contributed by atoms with Crippen LogP contribution in [0.2, 0.25) is 15.1 Å². The predicted octanol–water partition coefficient (Wildman–Crippen LogP) is 5.98. The van der Waals surface area contributed by atoms with Crippen LogP contribution in [0.4, 0.5) is 0 Å². The normalized spacial score (nSPS) is 30.2. The topological polar surface area (TPSA) is 57.7 Å². The van der Waals surface area contributed by atoms with Gasteiger partial charge in [-0.25, -0.2) is 5.01 Å². The fraction of sp³-hybridized carbons (Fsp3) is 0.348. The van der Waals surface area contributed by atoms with Gasteiger partial charge in [0.05, 0.1) is 18.4 Å². The second kappa shape index (κ2) is 8.83. The highest BCUT2D eigenvalue weighted by molar-refractivity contribution is 9.12. The van der Waals surface area contributed by atoms with E-state index >= 15 is 0 Å². The highest BCUT2D eigenvalue weighted by Crippen LogP contribution is 2.60. The smallest absolute Gasteiger partial charge is 0.272 e. The van der Waals surface area contributed by atoms with Gasteiger partial charge in [-0.05, 0) is 60.2 Å². The number of carbonyl (C=O) groups is 3. The number of nitrogens with zero attached hydrogens (tertiary/aromatic N) is 2. The summed E-state index contributed by atoms with van der Waals surface area (Å²) in [7, 11) is 0. The van der Waals surface area contributed by atoms with Crippen LogP contribution in [0.15, 0.2) is 42.5 Å². The van der Waals surface area contributed by atoms with Crippen molar-refractivity contribution in [3.63, 3.8) is 0 Å². The van der Waals surface area contributed by atoms with E-state index in [2.05, 4.69) is 31.9 Å². The minimum atomic E-state index is -0.488. The number of alkyl halides is 2. The molecule has 2 saturated carbocycles. The van der Waals surface area contributed by atoms with E-state index in [1.54, 1.807) is 42.5 Å². The Morgan fingerprint density at radius 2 is 1.45 bits per heavy atom. The molecule has 10 heteroatoms. The van der Waals surface area contributed by atoms with Crippen molar-refractivity contribution >= 4 is 84.4 Å². The first-order valence-electron chi connectivity index (χ1n) is 10.4. The summed E-state index contributed by atoms with van der Waals surface area (Å²) in [6.45, 7) is -0.0564. The lowest BCUT2D eigenvalue weighted by Crippen LogP contribution is -2.50. The molecule has 5 nitrogen and oxygen atoms in total. The highest BCUT2D eigenvalue weighted by Gasteiger charge is 2.67. The molecule has 2 aromatic rings. The molecule has 0 spiro atoms. The van der Waals surface area contributed by atoms with Gasteiger partial charge >= 0.3 is 0 Å². The number of hydrogen-bond donors (Lipinski definition) is 0. The monoisotopic (exact) mass is 632 g/mol. The van der Waals surface area contributed by atoms with Crippen LogP contribution in [0, 0.1) is 23.7 Å². The third kappa shape index (κ3) is 3.84. The van der Waals surface area contributed by atoms with Gasteiger partial charge in [0.1, 0.15) is 0 Å². The van der Waals surface area contributed by atoms with Crippen molar-refractivity contribution in [1.82, 2.24) is 10.0 Å². The van der Waals surface area contributed by atoms with Crippen LogP contribution >= 0.6 is 66.7 Å². The molecule has 2 aromatic carbocycles. The second-order valence-corrected chi connectivity index (χ2v) is 12.0. The van der Waals surface area contributed by atoms with E-state index in [4.69, 9.17) is 34.8 Å². The molecular formula is C23H17Br2Cl3N2O3. The molecule has 6 atom stereocenters. The Morgan fingerprint density at radius 3 is 2.00 bits per heavy atom. The zero-order valence-electron chi connectivity index (χ0n) is 16.9. The van der Waals surface area contributed by atoms with Gasteiger partial charge < -0.3 is 0 Å². The minimum absolute atomic E-state index is 0.0393. The van der Waals surface area contributed by atoms with Crippen molar-refractivity contribution in [3.8, 4) is 0 Å². The van der Waals surface area contributed by atoms with Crippen LogP contribution in [0.1, 0.15) is 22.3 Å². The fourth-order valence-electron chi connectivity index (χ4n) is 5.36. The summed E-state index contributed by atoms with van der Waals surface area (Å²) < 4.78 is 0. The molecule has 0 unspecified atom stereocenters. The Balaban J connectivity index is 1.54. The first-order valence-corrected chi connectivity index (χ1v) is 13.3. The van der Waals surface area contributed by atoms with Crippen LogP contribution in [0.3, 0.4) is 0 Å². The van der Waals surface area contributed by atoms with E-state index in [0.717, 1.165) is 11.4 Å². The third-order valence-electron chi connectivity index (χ3n) is 6.87. The first-order chi connectivity index (χ1) is 15.7. The Bertz CT molecular complexity index is 1130. The zero-order valence-corrected chi connectivity index (χ0v) is 22.4. The number of hydrogen-bond acceptors (Lipinski definition) is 3. The van der Waals surface area contributed by atoms with E-state index < -0.39 is 17.7 Å². The van der Waals surface area contributed by atoms with Gasteiger partial charge in [-0.1, -0.05) is 72.7 Å². The average Bonchev–Trinajstić information content (AvgIpc) is 3.39. The molecule has 33 heavy (non-hydrogen) atoms. The molecule has 1 heterocycles. The van der Waals surface area contributed by atoms with Crippen molar-refractivity contribution < 1.29 is 14.4 Å². The van der Waals surface area contributed by atoms with Gasteiger partial charge in [0.2, 0.25) is 0 Å². The van der Waals surface area contributed by atoms with Crippen LogP contribution < -0.4 is 0 Å². The lowest BCUT2D eigenvalue weighted by Gasteiger charge is -2.31. The van der Waals surface area contributed by atoms with E-state index in [1.165, 1.54) is 5.01 Å². The summed E-state index contributed by atoms with van der Waals surface area (Å²) in [5.74, 6) is -1.97. The summed E-state index contributed by atoms with van der Waals surface area (Å²) in [5, 5.41) is 3.52. The van der Waals surface area contributed by atoms with Crippen LogP contribution in [-0.4, -0.2) is 37.4 Å². The maximum Gasteiger partial charge on any atom is 0.273 e. The molecule has 0 aromatic heterocycles. The molecule has 1 aliphatic heterocycles. The van der Waals surface area contributed by atoms with Gasteiger partial charge in [-0.15, -0.1) is 0 Å². The summed E-state index contributed by atoms with van der Waals surface area (Å²) in [5.41, 5.74) is 0.877. The highest BCUT2D eigenvalue weighted by atomic mass is 79.9. The van der Waals surface area contributed by atoms with Crippen molar-refractivity contribution in [2.75, 3.05) is 0 Å². The largest absolute Gasteiger partial charge is 0.273 e. The standard InChI is InChI=1S/C23H17Br2Cl3N2O3/c24-19-14-8-15(20(19)25)18-17(14)22(32)30(23(18)33)29(9-11-3-6-13(27)7-16(11)28)21(31)10-1-4-12(26)5-2-10/h1-7,14-15,17-20H,8-9H2/t14-,15-,17-,18+,19-,20+/m1/s1. The van der Waals surface area contributed by atoms with E-state index in [1.807, 2.05) is 0 Å². The molecule has 172 valence electrons. The van der Waals surface area contributed by atoms with Gasteiger partial charge in [-0.2, -0.15) is 5.01 Å². The maximum atomic E-state index is 13.6. The lowest BCUT2D eigenvalue weighted by atomic mass is 9.81. The van der Waals surface area contributed by atoms with E-state index in [0.29, 0.717) is 26.2 Å². The number of amides is 3. The quantitative estimate of drug-likeness (QED) is 0.307. The SMILES string of the molecule is O=C(c1ccc(Cl)cc1)N(Cc1ccc(Cl)cc1Cl)N1C(=O)[C@@H]2[C@H]3C[C@@H]([C@H](Br)[C@@H]3Br)[C@@H]2C1=O. The maximum absolute atomic E-state index is 13.6. The molecule has 2 bridgehead atoms. The summed E-state index contributed by atoms with van der Waals surface area (Å²) in [4.78, 5) is 41.0. The number of benzene rings is 2. The number of imide groups is 1. The van der Waals surface area contributed by atoms with Crippen LogP contribution in [0.25, 0.3) is 0 Å². The number of rotatable bonds is 4. The molecule has 3 aliphatic rings. The average molecular weight is 636 g/mol. The fourth-order valence-corrected chi connectivity index (χ4v) is 7.82. The minimum Gasteiger partial charge on any atom is -0.272 e. The Kier molecular flexibility index (Phi) is 6.32. The summed E-state index contributed by atoms with van der Waals surface area (Å²) in [6.07, 6.45) is 0.806. The van der Waals surface area contributed by atoms with Gasteiger partial charge in [0.25, 0.3) is 17.7 Å². The molecular weight excluding hydrogens is 618 g/mol. The van der Waals surface area contributed by atoms with Crippen molar-refractivity contribution in [2.24, 2.45) is 23.7 Å². The molecule has 2 aliphatic carbocycles. The van der Waals surface area contributed by atoms with E-state index in [9.17, 15) is 14.4 Å². The molecule has 3 fully saturated rings. The zero-order chi connectivity index (χ0) is 23.6. The van der Waals surface area contributed by atoms with Crippen molar-refractivity contribution in [1.29, 1.82) is 0 Å². The Labute approximate surface area is 222 Å². The molecule has 0 N–H and O–H groups in total. The molecule has 1 saturated heterocycles. The molecule has 3 amide bonds. The Morgan fingerprint density at radius 1 is 0.909 bits per heavy atom. The number of halogens is 5. The van der Waals surface area contributed by atoms with E-state index in [-0.39, 0.29) is 39.8 Å². The molecule has 5 rings (SSSR count). The van der Waals surface area contributed by atoms with Crippen molar-refractivity contribution in [3.05, 3.63) is 68.7 Å². The van der Waals surface area contributed by atoms with Gasteiger partial charge in [-0.3, -0.25) is 14.4 Å². The summed E-state index contributed by atoms with van der Waals surface area (Å²) >= 11 is 25.8. The van der Waals surface area contributed by atoms with Gasteiger partial charge in [0.15, 0.2) is 0 Å². The number of hydrazine groups is 1.